The highest BCUT2D eigenvalue weighted by molar-refractivity contribution is 6.31. The highest BCUT2D eigenvalue weighted by Crippen LogP contribution is 2.57. The predicted octanol–water partition coefficient (Wildman–Crippen LogP) is 3.32. The number of para-hydroxylation sites is 1. The zero-order valence-corrected chi connectivity index (χ0v) is 21.6. The van der Waals surface area contributed by atoms with Crippen molar-refractivity contribution >= 4 is 17.3 Å². The summed E-state index contributed by atoms with van der Waals surface area (Å²) in [6.45, 7) is 5.84. The number of carbonyl (C=O) groups excluding carboxylic acids is 3. The van der Waals surface area contributed by atoms with E-state index in [1.807, 2.05) is 18.2 Å². The number of phenols is 2. The number of ketones is 3. The van der Waals surface area contributed by atoms with E-state index >= 15 is 0 Å². The van der Waals surface area contributed by atoms with E-state index in [1.165, 1.54) is 20.8 Å². The number of nitrogens with zero attached hydrogens (tertiary/aromatic N) is 2. The number of allylic oxidation sites excluding steroid dienone is 4. The van der Waals surface area contributed by atoms with E-state index in [2.05, 4.69) is 15.5 Å². The van der Waals surface area contributed by atoms with E-state index in [1.54, 1.807) is 19.1 Å². The molecule has 3 aromatic rings. The number of hydrogen-bond acceptors (Lipinski definition) is 11. The first-order valence-electron chi connectivity index (χ1n) is 12.1. The second kappa shape index (κ2) is 9.43. The average Bonchev–Trinajstić information content (AvgIpc) is 3.48. The van der Waals surface area contributed by atoms with Crippen molar-refractivity contribution in [3.63, 3.8) is 0 Å². The minimum atomic E-state index is -1.60. The molecule has 5 rings (SSSR count). The lowest BCUT2D eigenvalue weighted by Crippen LogP contribution is -2.41. The average molecular weight is 532 g/mol. The van der Waals surface area contributed by atoms with Gasteiger partial charge in [-0.1, -0.05) is 23.4 Å². The molecular weight excluding hydrogens is 506 g/mol. The van der Waals surface area contributed by atoms with E-state index in [4.69, 9.17) is 14.0 Å². The molecule has 1 aliphatic carbocycles. The van der Waals surface area contributed by atoms with Crippen LogP contribution >= 0.6 is 0 Å². The molecule has 0 amide bonds. The van der Waals surface area contributed by atoms with Gasteiger partial charge in [-0.2, -0.15) is 4.98 Å². The van der Waals surface area contributed by atoms with Crippen LogP contribution in [-0.4, -0.2) is 37.7 Å². The van der Waals surface area contributed by atoms with Gasteiger partial charge in [-0.3, -0.25) is 14.4 Å². The quantitative estimate of drug-likeness (QED) is 0.233. The van der Waals surface area contributed by atoms with Crippen LogP contribution in [0.2, 0.25) is 0 Å². The van der Waals surface area contributed by atoms with Gasteiger partial charge in [-0.05, 0) is 39.8 Å². The van der Waals surface area contributed by atoms with Gasteiger partial charge < -0.3 is 29.5 Å². The standard InChI is InChI=1S/C28H25N3O8/c1-13-24(34)22(15(3)32)26-23(25(13)35)28(4)18(38-26)10-17(33)21(27(28)36)14(2)29-11-20-30-19(31-39-20)12-37-16-8-6-5-7-9-16/h5-10,29,34-35H,11-12H2,1-4H3/t28-/m0/s1. The van der Waals surface area contributed by atoms with Crippen molar-refractivity contribution < 1.29 is 38.6 Å². The van der Waals surface area contributed by atoms with Gasteiger partial charge in [0.15, 0.2) is 24.0 Å². The summed E-state index contributed by atoms with van der Waals surface area (Å²) in [5.41, 5.74) is -1.62. The summed E-state index contributed by atoms with van der Waals surface area (Å²) in [6, 6.07) is 9.16. The molecule has 2 heterocycles. The van der Waals surface area contributed by atoms with Gasteiger partial charge >= 0.3 is 0 Å². The number of rotatable bonds is 7. The second-order valence-corrected chi connectivity index (χ2v) is 9.45. The summed E-state index contributed by atoms with van der Waals surface area (Å²) in [5.74, 6) is -1.58. The number of benzene rings is 2. The van der Waals surface area contributed by atoms with Crippen LogP contribution in [0.4, 0.5) is 0 Å². The van der Waals surface area contributed by atoms with Crippen molar-refractivity contribution in [2.24, 2.45) is 0 Å². The molecular formula is C28H25N3O8. The van der Waals surface area contributed by atoms with Crippen LogP contribution < -0.4 is 14.8 Å². The maximum atomic E-state index is 13.8. The van der Waals surface area contributed by atoms with Crippen LogP contribution in [0.25, 0.3) is 0 Å². The summed E-state index contributed by atoms with van der Waals surface area (Å²) in [7, 11) is 0. The molecule has 1 aliphatic heterocycles. The van der Waals surface area contributed by atoms with Gasteiger partial charge in [-0.15, -0.1) is 0 Å². The van der Waals surface area contributed by atoms with Crippen molar-refractivity contribution in [1.82, 2.24) is 15.5 Å². The Bertz CT molecular complexity index is 1600. The summed E-state index contributed by atoms with van der Waals surface area (Å²) in [4.78, 5) is 43.4. The number of aromatic hydroxyl groups is 2. The number of hydrogen-bond donors (Lipinski definition) is 3. The molecule has 39 heavy (non-hydrogen) atoms. The highest BCUT2D eigenvalue weighted by atomic mass is 16.5. The zero-order chi connectivity index (χ0) is 28.1. The molecule has 0 unspecified atom stereocenters. The Labute approximate surface area is 222 Å². The van der Waals surface area contributed by atoms with Gasteiger partial charge in [0.1, 0.15) is 39.7 Å². The SMILES string of the molecule is CC(=O)c1c(O)c(C)c(O)c2c1OC1=CC(=O)C(=C(C)NCc3nc(COc4ccccc4)no3)C(=O)[C@@]12C. The number of aromatic nitrogens is 2. The van der Waals surface area contributed by atoms with Crippen LogP contribution in [0.3, 0.4) is 0 Å². The normalized spacial score (nSPS) is 19.1. The van der Waals surface area contributed by atoms with Gasteiger partial charge in [0.25, 0.3) is 0 Å². The van der Waals surface area contributed by atoms with Gasteiger partial charge in [0.05, 0.1) is 17.7 Å². The third-order valence-electron chi connectivity index (χ3n) is 6.89. The number of Topliss-reactive ketones (excluding diaryl/α,β-unsaturated/α-hetero) is 2. The highest BCUT2D eigenvalue weighted by Gasteiger charge is 2.56. The second-order valence-electron chi connectivity index (χ2n) is 9.45. The van der Waals surface area contributed by atoms with Gasteiger partial charge in [0.2, 0.25) is 11.7 Å². The smallest absolute Gasteiger partial charge is 0.246 e. The monoisotopic (exact) mass is 531 g/mol. The van der Waals surface area contributed by atoms with Crippen molar-refractivity contribution in [2.75, 3.05) is 0 Å². The van der Waals surface area contributed by atoms with Crippen LogP contribution in [0.5, 0.6) is 23.0 Å². The van der Waals surface area contributed by atoms with Crippen LogP contribution in [0.1, 0.15) is 54.0 Å². The maximum Gasteiger partial charge on any atom is 0.246 e. The molecule has 1 atom stereocenters. The molecule has 0 spiro atoms. The first-order chi connectivity index (χ1) is 18.5. The lowest BCUT2D eigenvalue weighted by molar-refractivity contribution is -0.123. The van der Waals surface area contributed by atoms with E-state index in [9.17, 15) is 24.6 Å². The molecule has 2 aliphatic rings. The van der Waals surface area contributed by atoms with Crippen molar-refractivity contribution in [1.29, 1.82) is 0 Å². The Morgan fingerprint density at radius 1 is 1.13 bits per heavy atom. The molecule has 0 saturated carbocycles. The van der Waals surface area contributed by atoms with Gasteiger partial charge in [-0.25, -0.2) is 0 Å². The third kappa shape index (κ3) is 4.12. The van der Waals surface area contributed by atoms with E-state index < -0.39 is 28.5 Å². The number of carbonyl (C=O) groups is 3. The fraction of sp³-hybridized carbons (Fsp3) is 0.250. The molecule has 0 saturated heterocycles. The van der Waals surface area contributed by atoms with Crippen LogP contribution in [0, 0.1) is 6.92 Å². The molecule has 0 bridgehead atoms. The van der Waals surface area contributed by atoms with Crippen LogP contribution in [-0.2, 0) is 28.2 Å². The molecule has 3 N–H and O–H groups in total. The van der Waals surface area contributed by atoms with Crippen molar-refractivity contribution in [3.8, 4) is 23.0 Å². The first-order valence-corrected chi connectivity index (χ1v) is 12.1. The number of ether oxygens (including phenoxy) is 2. The minimum Gasteiger partial charge on any atom is -0.507 e. The largest absolute Gasteiger partial charge is 0.507 e. The van der Waals surface area contributed by atoms with Crippen molar-refractivity contribution in [3.05, 3.63) is 81.8 Å². The Kier molecular flexibility index (Phi) is 6.21. The molecule has 200 valence electrons. The summed E-state index contributed by atoms with van der Waals surface area (Å²) >= 11 is 0. The Hall–Kier alpha value is -4.93. The lowest BCUT2D eigenvalue weighted by atomic mass is 9.70. The maximum absolute atomic E-state index is 13.8. The van der Waals surface area contributed by atoms with E-state index in [0.717, 1.165) is 6.08 Å². The fourth-order valence-corrected chi connectivity index (χ4v) is 4.74. The molecule has 11 nitrogen and oxygen atoms in total. The van der Waals surface area contributed by atoms with Crippen LogP contribution in [0.15, 0.2) is 58.0 Å². The van der Waals surface area contributed by atoms with E-state index in [-0.39, 0.29) is 64.3 Å². The molecule has 0 fully saturated rings. The Morgan fingerprint density at radius 2 is 1.85 bits per heavy atom. The number of phenolic OH excluding ortho intramolecular Hbond substituents is 2. The summed E-state index contributed by atoms with van der Waals surface area (Å²) in [6.07, 6.45) is 1.16. The van der Waals surface area contributed by atoms with Gasteiger partial charge in [0, 0.05) is 17.3 Å². The number of nitrogens with one attached hydrogen (secondary N) is 1. The summed E-state index contributed by atoms with van der Waals surface area (Å²) < 4.78 is 16.6. The third-order valence-corrected chi connectivity index (χ3v) is 6.89. The molecule has 2 aromatic carbocycles. The lowest BCUT2D eigenvalue weighted by Gasteiger charge is -2.29. The molecule has 11 heteroatoms. The first kappa shape index (κ1) is 25.7. The Morgan fingerprint density at radius 3 is 2.54 bits per heavy atom. The summed E-state index contributed by atoms with van der Waals surface area (Å²) in [5, 5.41) is 28.2. The van der Waals surface area contributed by atoms with E-state index in [0.29, 0.717) is 11.6 Å². The minimum absolute atomic E-state index is 0.0250. The fourth-order valence-electron chi connectivity index (χ4n) is 4.74. The van der Waals surface area contributed by atoms with Crippen molar-refractivity contribution in [2.45, 2.75) is 46.3 Å². The Balaban J connectivity index is 1.41. The number of fused-ring (bicyclic) bond motifs is 3. The predicted molar refractivity (Wildman–Crippen MR) is 135 cm³/mol. The zero-order valence-electron chi connectivity index (χ0n) is 21.6. The topological polar surface area (TPSA) is 161 Å². The molecule has 0 radical (unpaired) electrons. The molecule has 1 aromatic heterocycles.